The van der Waals surface area contributed by atoms with E-state index in [1.807, 2.05) is 30.7 Å². The summed E-state index contributed by atoms with van der Waals surface area (Å²) in [5.74, 6) is -0.376. The van der Waals surface area contributed by atoms with Crippen molar-refractivity contribution in [2.45, 2.75) is 26.8 Å². The summed E-state index contributed by atoms with van der Waals surface area (Å²) >= 11 is 6.50. The van der Waals surface area contributed by atoms with E-state index in [-0.39, 0.29) is 5.92 Å². The number of rotatable bonds is 7. The highest BCUT2D eigenvalue weighted by Crippen LogP contribution is 2.29. The molecule has 158 valence electrons. The Balaban J connectivity index is 1.34. The van der Waals surface area contributed by atoms with E-state index in [0.29, 0.717) is 32.2 Å². The maximum Gasteiger partial charge on any atom is 0.309 e. The second kappa shape index (κ2) is 8.66. The topological polar surface area (TPSA) is 59.9 Å². The van der Waals surface area contributed by atoms with Gasteiger partial charge in [-0.1, -0.05) is 31.5 Å². The van der Waals surface area contributed by atoms with Crippen molar-refractivity contribution in [3.05, 3.63) is 65.2 Å². The number of likely N-dealkylation sites (tertiary alicyclic amines) is 1. The second-order valence-electron chi connectivity index (χ2n) is 8.49. The molecular weight excluding hydrogens is 400 g/mol. The molecule has 1 N–H and O–H groups in total. The molecule has 1 aromatic carbocycles. The molecule has 2 aromatic rings. The van der Waals surface area contributed by atoms with E-state index < -0.39 is 5.97 Å². The average Bonchev–Trinajstić information content (AvgIpc) is 3.16. The number of carboxylic acids is 1. The van der Waals surface area contributed by atoms with Gasteiger partial charge in [0.1, 0.15) is 0 Å². The van der Waals surface area contributed by atoms with Crippen LogP contribution >= 0.6 is 11.6 Å². The van der Waals surface area contributed by atoms with Crippen LogP contribution in [-0.2, 0) is 17.8 Å². The number of hydrogen-bond donors (Lipinski definition) is 1. The molecule has 0 bridgehead atoms. The maximum absolute atomic E-state index is 10.9. The molecule has 2 aliphatic heterocycles. The van der Waals surface area contributed by atoms with Crippen LogP contribution in [-0.4, -0.2) is 40.7 Å². The van der Waals surface area contributed by atoms with Crippen molar-refractivity contribution in [3.63, 3.8) is 0 Å². The molecule has 2 aliphatic rings. The molecule has 0 saturated carbocycles. The molecule has 6 nitrogen and oxygen atoms in total. The fraction of sp³-hybridized carbons (Fsp3) is 0.391. The number of aromatic nitrogens is 1. The van der Waals surface area contributed by atoms with Gasteiger partial charge in [0, 0.05) is 42.7 Å². The lowest BCUT2D eigenvalue weighted by molar-refractivity contribution is -0.147. The van der Waals surface area contributed by atoms with Crippen LogP contribution in [0.5, 0.6) is 0 Å². The van der Waals surface area contributed by atoms with Crippen LogP contribution in [0.1, 0.15) is 25.1 Å². The van der Waals surface area contributed by atoms with E-state index in [0.717, 1.165) is 28.5 Å². The number of benzene rings is 1. The van der Waals surface area contributed by atoms with E-state index in [1.165, 1.54) is 5.56 Å². The van der Waals surface area contributed by atoms with Crippen molar-refractivity contribution < 1.29 is 9.90 Å². The Labute approximate surface area is 182 Å². The summed E-state index contributed by atoms with van der Waals surface area (Å²) in [6, 6.07) is 10.3. The minimum atomic E-state index is -0.712. The molecule has 7 heteroatoms. The second-order valence-corrected chi connectivity index (χ2v) is 8.90. The highest BCUT2D eigenvalue weighted by molar-refractivity contribution is 6.31. The lowest BCUT2D eigenvalue weighted by atomic mass is 10.0. The summed E-state index contributed by atoms with van der Waals surface area (Å²) in [6.45, 7) is 6.98. The summed E-state index contributed by atoms with van der Waals surface area (Å²) in [6.07, 6.45) is 6.94. The van der Waals surface area contributed by atoms with Gasteiger partial charge in [-0.2, -0.15) is 0 Å². The molecule has 30 heavy (non-hydrogen) atoms. The minimum absolute atomic E-state index is 0.238. The minimum Gasteiger partial charge on any atom is -0.481 e. The zero-order chi connectivity index (χ0) is 21.3. The van der Waals surface area contributed by atoms with E-state index >= 15 is 0 Å². The molecule has 4 rings (SSSR count). The molecule has 3 heterocycles. The molecule has 0 aliphatic carbocycles. The molecule has 0 unspecified atom stereocenters. The van der Waals surface area contributed by atoms with Crippen molar-refractivity contribution in [1.82, 2.24) is 9.88 Å². The Morgan fingerprint density at radius 3 is 2.47 bits per heavy atom. The zero-order valence-electron chi connectivity index (χ0n) is 17.3. The third-order valence-electron chi connectivity index (χ3n) is 5.56. The molecule has 0 atom stereocenters. The van der Waals surface area contributed by atoms with Gasteiger partial charge in [0.2, 0.25) is 0 Å². The molecule has 0 amide bonds. The SMILES string of the molecule is CC(C)Cc1ccc(N2C=CN(c3ccc(CN4CC(C(=O)O)C4)nc3)C2)cc1Cl. The van der Waals surface area contributed by atoms with Gasteiger partial charge in [-0.25, -0.2) is 0 Å². The van der Waals surface area contributed by atoms with Crippen LogP contribution < -0.4 is 9.80 Å². The Morgan fingerprint density at radius 1 is 1.17 bits per heavy atom. The molecule has 1 saturated heterocycles. The van der Waals surface area contributed by atoms with Gasteiger partial charge in [-0.3, -0.25) is 14.7 Å². The van der Waals surface area contributed by atoms with Crippen LogP contribution in [0, 0.1) is 11.8 Å². The van der Waals surface area contributed by atoms with Crippen LogP contribution in [0.4, 0.5) is 11.4 Å². The van der Waals surface area contributed by atoms with E-state index in [4.69, 9.17) is 16.7 Å². The fourth-order valence-electron chi connectivity index (χ4n) is 3.84. The number of anilines is 2. The van der Waals surface area contributed by atoms with Gasteiger partial charge < -0.3 is 14.9 Å². The first-order chi connectivity index (χ1) is 14.4. The van der Waals surface area contributed by atoms with E-state index in [1.54, 1.807) is 0 Å². The summed E-state index contributed by atoms with van der Waals surface area (Å²) in [7, 11) is 0. The van der Waals surface area contributed by atoms with Gasteiger partial charge in [0.05, 0.1) is 30.2 Å². The predicted molar refractivity (Wildman–Crippen MR) is 120 cm³/mol. The van der Waals surface area contributed by atoms with Crippen molar-refractivity contribution >= 4 is 28.9 Å². The van der Waals surface area contributed by atoms with E-state index in [9.17, 15) is 4.79 Å². The molecular formula is C23H27ClN4O2. The van der Waals surface area contributed by atoms with Crippen LogP contribution in [0.3, 0.4) is 0 Å². The first-order valence-electron chi connectivity index (χ1n) is 10.3. The largest absolute Gasteiger partial charge is 0.481 e. The predicted octanol–water partition coefficient (Wildman–Crippen LogP) is 4.21. The zero-order valence-corrected chi connectivity index (χ0v) is 18.1. The Hall–Kier alpha value is -2.57. The number of carbonyl (C=O) groups is 1. The Morgan fingerprint density at radius 2 is 1.87 bits per heavy atom. The van der Waals surface area contributed by atoms with E-state index in [2.05, 4.69) is 51.7 Å². The quantitative estimate of drug-likeness (QED) is 0.715. The number of carboxylic acid groups (broad SMARTS) is 1. The number of hydrogen-bond acceptors (Lipinski definition) is 5. The van der Waals surface area contributed by atoms with Crippen molar-refractivity contribution in [1.29, 1.82) is 0 Å². The lowest BCUT2D eigenvalue weighted by Gasteiger charge is -2.36. The molecule has 1 aromatic heterocycles. The maximum atomic E-state index is 10.9. The van der Waals surface area contributed by atoms with Crippen LogP contribution in [0.2, 0.25) is 5.02 Å². The summed E-state index contributed by atoms with van der Waals surface area (Å²) in [5.41, 5.74) is 4.23. The number of pyridine rings is 1. The third-order valence-corrected chi connectivity index (χ3v) is 5.91. The van der Waals surface area contributed by atoms with Crippen molar-refractivity contribution in [2.24, 2.45) is 11.8 Å². The fourth-order valence-corrected chi connectivity index (χ4v) is 4.09. The van der Waals surface area contributed by atoms with Gasteiger partial charge in [-0.05, 0) is 42.2 Å². The highest BCUT2D eigenvalue weighted by atomic mass is 35.5. The molecule has 0 radical (unpaired) electrons. The van der Waals surface area contributed by atoms with Gasteiger partial charge in [0.25, 0.3) is 0 Å². The monoisotopic (exact) mass is 426 g/mol. The van der Waals surface area contributed by atoms with Gasteiger partial charge in [0.15, 0.2) is 0 Å². The summed E-state index contributed by atoms with van der Waals surface area (Å²) < 4.78 is 0. The Kier molecular flexibility index (Phi) is 5.97. The summed E-state index contributed by atoms with van der Waals surface area (Å²) in [5, 5.41) is 9.79. The van der Waals surface area contributed by atoms with Crippen molar-refractivity contribution in [2.75, 3.05) is 29.6 Å². The van der Waals surface area contributed by atoms with Crippen LogP contribution in [0.25, 0.3) is 0 Å². The highest BCUT2D eigenvalue weighted by Gasteiger charge is 2.32. The number of aliphatic carboxylic acids is 1. The van der Waals surface area contributed by atoms with Crippen molar-refractivity contribution in [3.8, 4) is 0 Å². The summed E-state index contributed by atoms with van der Waals surface area (Å²) in [4.78, 5) is 21.9. The Bertz CT molecular complexity index is 939. The van der Waals surface area contributed by atoms with Crippen LogP contribution in [0.15, 0.2) is 48.9 Å². The normalized spacial score (nSPS) is 17.1. The number of halogens is 1. The molecule has 0 spiro atoms. The van der Waals surface area contributed by atoms with Gasteiger partial charge in [-0.15, -0.1) is 0 Å². The average molecular weight is 427 g/mol. The number of nitrogens with zero attached hydrogens (tertiary/aromatic N) is 4. The molecule has 1 fully saturated rings. The smallest absolute Gasteiger partial charge is 0.309 e. The lowest BCUT2D eigenvalue weighted by Crippen LogP contribution is -2.49. The van der Waals surface area contributed by atoms with Gasteiger partial charge >= 0.3 is 5.97 Å². The first kappa shape index (κ1) is 20.7. The standard InChI is InChI=1S/C23H27ClN4O2/c1-16(2)9-17-3-5-20(10-22(17)24)27-7-8-28(15-27)21-6-4-19(25-11-21)14-26-12-18(13-26)23(29)30/h3-8,10-11,16,18H,9,12-15H2,1-2H3,(H,29,30). The first-order valence-corrected chi connectivity index (χ1v) is 10.7. The third kappa shape index (κ3) is 4.60.